The van der Waals surface area contributed by atoms with Gasteiger partial charge in [-0.25, -0.2) is 13.6 Å². The number of rotatable bonds is 6. The average molecular weight is 272 g/mol. The molecule has 0 aromatic heterocycles. The van der Waals surface area contributed by atoms with Crippen molar-refractivity contribution in [3.8, 4) is 0 Å². The van der Waals surface area contributed by atoms with E-state index in [9.17, 15) is 8.42 Å². The van der Waals surface area contributed by atoms with Gasteiger partial charge >= 0.3 is 0 Å². The normalized spacial score (nSPS) is 15.3. The SMILES string of the molecule is CC(CCO)NC(C)c1cccc(S(N)(=O)=O)c1. The molecule has 0 heterocycles. The van der Waals surface area contributed by atoms with E-state index in [1.807, 2.05) is 19.9 Å². The third-order valence-corrected chi connectivity index (χ3v) is 3.69. The van der Waals surface area contributed by atoms with Crippen LogP contribution in [0.5, 0.6) is 0 Å². The van der Waals surface area contributed by atoms with Crippen molar-refractivity contribution < 1.29 is 13.5 Å². The Morgan fingerprint density at radius 1 is 1.39 bits per heavy atom. The predicted molar refractivity (Wildman–Crippen MR) is 70.5 cm³/mol. The summed E-state index contributed by atoms with van der Waals surface area (Å²) in [5.74, 6) is 0. The number of hydrogen-bond donors (Lipinski definition) is 3. The number of nitrogens with one attached hydrogen (secondary N) is 1. The summed E-state index contributed by atoms with van der Waals surface area (Å²) in [4.78, 5) is 0.114. The standard InChI is InChI=1S/C12H20N2O3S/c1-9(6-7-15)14-10(2)11-4-3-5-12(8-11)18(13,16)17/h3-5,8-10,14-15H,6-7H2,1-2H3,(H2,13,16,17). The maximum atomic E-state index is 11.3. The quantitative estimate of drug-likeness (QED) is 0.712. The second kappa shape index (κ2) is 6.29. The van der Waals surface area contributed by atoms with E-state index < -0.39 is 10.0 Å². The molecule has 0 spiro atoms. The Morgan fingerprint density at radius 3 is 2.61 bits per heavy atom. The van der Waals surface area contributed by atoms with Crippen molar-refractivity contribution in [3.05, 3.63) is 29.8 Å². The van der Waals surface area contributed by atoms with Crippen molar-refractivity contribution in [2.45, 2.75) is 37.2 Å². The van der Waals surface area contributed by atoms with Crippen molar-refractivity contribution in [1.82, 2.24) is 5.32 Å². The molecule has 2 unspecified atom stereocenters. The Balaban J connectivity index is 2.84. The van der Waals surface area contributed by atoms with Crippen molar-refractivity contribution in [3.63, 3.8) is 0 Å². The summed E-state index contributed by atoms with van der Waals surface area (Å²) in [5.41, 5.74) is 0.853. The molecule has 0 fully saturated rings. The highest BCUT2D eigenvalue weighted by molar-refractivity contribution is 7.89. The first-order chi connectivity index (χ1) is 8.34. The van der Waals surface area contributed by atoms with Gasteiger partial charge in [-0.05, 0) is 38.0 Å². The molecule has 6 heteroatoms. The van der Waals surface area contributed by atoms with Crippen LogP contribution in [0.2, 0.25) is 0 Å². The minimum atomic E-state index is -3.67. The molecule has 0 aliphatic heterocycles. The van der Waals surface area contributed by atoms with Crippen molar-refractivity contribution in [2.24, 2.45) is 5.14 Å². The molecule has 0 aliphatic rings. The Kier molecular flexibility index (Phi) is 5.28. The number of aliphatic hydroxyl groups is 1. The van der Waals surface area contributed by atoms with E-state index >= 15 is 0 Å². The van der Waals surface area contributed by atoms with Gasteiger partial charge in [-0.15, -0.1) is 0 Å². The number of hydrogen-bond acceptors (Lipinski definition) is 4. The second-order valence-electron chi connectivity index (χ2n) is 4.42. The van der Waals surface area contributed by atoms with Gasteiger partial charge in [0.25, 0.3) is 0 Å². The van der Waals surface area contributed by atoms with Crippen LogP contribution in [0.4, 0.5) is 0 Å². The minimum absolute atomic E-state index is 0.00625. The van der Waals surface area contributed by atoms with E-state index in [-0.39, 0.29) is 23.6 Å². The van der Waals surface area contributed by atoms with Crippen LogP contribution in [0.25, 0.3) is 0 Å². The molecule has 1 rings (SSSR count). The van der Waals surface area contributed by atoms with Gasteiger partial charge in [0.2, 0.25) is 10.0 Å². The molecule has 1 aromatic carbocycles. The van der Waals surface area contributed by atoms with Gasteiger partial charge in [0.1, 0.15) is 0 Å². The molecule has 0 aliphatic carbocycles. The van der Waals surface area contributed by atoms with Crippen LogP contribution in [0.15, 0.2) is 29.2 Å². The predicted octanol–water partition coefficient (Wildman–Crippen LogP) is 0.755. The fourth-order valence-corrected chi connectivity index (χ4v) is 2.33. The van der Waals surface area contributed by atoms with E-state index in [0.717, 1.165) is 5.56 Å². The Bertz CT molecular complexity index is 488. The summed E-state index contributed by atoms with van der Waals surface area (Å²) in [7, 11) is -3.67. The molecular formula is C12H20N2O3S. The van der Waals surface area contributed by atoms with Gasteiger partial charge in [0.15, 0.2) is 0 Å². The maximum Gasteiger partial charge on any atom is 0.238 e. The monoisotopic (exact) mass is 272 g/mol. The third-order valence-electron chi connectivity index (χ3n) is 2.78. The molecule has 1 aromatic rings. The first-order valence-electron chi connectivity index (χ1n) is 5.84. The first kappa shape index (κ1) is 15.1. The van der Waals surface area contributed by atoms with E-state index in [0.29, 0.717) is 6.42 Å². The van der Waals surface area contributed by atoms with Crippen LogP contribution in [-0.2, 0) is 10.0 Å². The van der Waals surface area contributed by atoms with Crippen LogP contribution in [-0.4, -0.2) is 26.2 Å². The minimum Gasteiger partial charge on any atom is -0.396 e. The molecule has 0 radical (unpaired) electrons. The molecule has 18 heavy (non-hydrogen) atoms. The Morgan fingerprint density at radius 2 is 2.06 bits per heavy atom. The second-order valence-corrected chi connectivity index (χ2v) is 5.98. The summed E-state index contributed by atoms with van der Waals surface area (Å²) in [6.07, 6.45) is 0.652. The van der Waals surface area contributed by atoms with Gasteiger partial charge in [-0.1, -0.05) is 12.1 Å². The van der Waals surface area contributed by atoms with Gasteiger partial charge in [-0.2, -0.15) is 0 Å². The molecule has 5 nitrogen and oxygen atoms in total. The largest absolute Gasteiger partial charge is 0.396 e. The Hall–Kier alpha value is -0.950. The lowest BCUT2D eigenvalue weighted by molar-refractivity contribution is 0.264. The lowest BCUT2D eigenvalue weighted by atomic mass is 10.1. The van der Waals surface area contributed by atoms with Crippen LogP contribution in [0.3, 0.4) is 0 Å². The van der Waals surface area contributed by atoms with E-state index in [2.05, 4.69) is 5.32 Å². The van der Waals surface area contributed by atoms with Crippen LogP contribution in [0, 0.1) is 0 Å². The van der Waals surface area contributed by atoms with Gasteiger partial charge < -0.3 is 10.4 Å². The highest BCUT2D eigenvalue weighted by Crippen LogP contribution is 2.17. The van der Waals surface area contributed by atoms with Crippen LogP contribution in [0.1, 0.15) is 31.9 Å². The molecule has 0 saturated heterocycles. The molecule has 0 amide bonds. The fraction of sp³-hybridized carbons (Fsp3) is 0.500. The fourth-order valence-electron chi connectivity index (χ4n) is 1.76. The van der Waals surface area contributed by atoms with Gasteiger partial charge in [-0.3, -0.25) is 0 Å². The molecule has 0 saturated carbocycles. The van der Waals surface area contributed by atoms with Crippen LogP contribution < -0.4 is 10.5 Å². The summed E-state index contributed by atoms with van der Waals surface area (Å²) in [5, 5.41) is 17.2. The highest BCUT2D eigenvalue weighted by atomic mass is 32.2. The number of benzene rings is 1. The molecule has 4 N–H and O–H groups in total. The topological polar surface area (TPSA) is 92.4 Å². The first-order valence-corrected chi connectivity index (χ1v) is 7.39. The van der Waals surface area contributed by atoms with E-state index in [1.54, 1.807) is 12.1 Å². The number of aliphatic hydroxyl groups excluding tert-OH is 1. The zero-order valence-electron chi connectivity index (χ0n) is 10.6. The smallest absolute Gasteiger partial charge is 0.238 e. The van der Waals surface area contributed by atoms with Gasteiger partial charge in [0.05, 0.1) is 4.90 Å². The third kappa shape index (κ3) is 4.38. The highest BCUT2D eigenvalue weighted by Gasteiger charge is 2.13. The van der Waals surface area contributed by atoms with E-state index in [1.165, 1.54) is 6.07 Å². The summed E-state index contributed by atoms with van der Waals surface area (Å²) >= 11 is 0. The van der Waals surface area contributed by atoms with E-state index in [4.69, 9.17) is 10.2 Å². The summed E-state index contributed by atoms with van der Waals surface area (Å²) < 4.78 is 22.5. The summed E-state index contributed by atoms with van der Waals surface area (Å²) in [6, 6.07) is 6.71. The maximum absolute atomic E-state index is 11.3. The molecule has 0 bridgehead atoms. The van der Waals surface area contributed by atoms with Crippen molar-refractivity contribution in [2.75, 3.05) is 6.61 Å². The molecular weight excluding hydrogens is 252 g/mol. The van der Waals surface area contributed by atoms with Gasteiger partial charge in [0, 0.05) is 18.7 Å². The zero-order valence-corrected chi connectivity index (χ0v) is 11.4. The van der Waals surface area contributed by atoms with Crippen molar-refractivity contribution in [1.29, 1.82) is 0 Å². The summed E-state index contributed by atoms with van der Waals surface area (Å²) in [6.45, 7) is 4.03. The lowest BCUT2D eigenvalue weighted by Gasteiger charge is -2.20. The molecule has 102 valence electrons. The lowest BCUT2D eigenvalue weighted by Crippen LogP contribution is -2.29. The van der Waals surface area contributed by atoms with Crippen molar-refractivity contribution >= 4 is 10.0 Å². The number of sulfonamides is 1. The number of nitrogens with two attached hydrogens (primary N) is 1. The zero-order chi connectivity index (χ0) is 13.8. The Labute approximate surface area is 108 Å². The average Bonchev–Trinajstić information content (AvgIpc) is 2.28. The number of primary sulfonamides is 1. The molecule has 2 atom stereocenters. The van der Waals surface area contributed by atoms with Crippen LogP contribution >= 0.6 is 0 Å².